The van der Waals surface area contributed by atoms with Crippen LogP contribution in [-0.2, 0) is 4.79 Å². The summed E-state index contributed by atoms with van der Waals surface area (Å²) in [5.41, 5.74) is 5.00. The van der Waals surface area contributed by atoms with Crippen molar-refractivity contribution in [2.45, 2.75) is 31.7 Å². The van der Waals surface area contributed by atoms with Crippen LogP contribution in [0.5, 0.6) is 0 Å². The van der Waals surface area contributed by atoms with Gasteiger partial charge in [-0.05, 0) is 25.8 Å². The average molecular weight is 142 g/mol. The minimum atomic E-state index is -0.186. The normalized spacial score (nSPS) is 25.0. The van der Waals surface area contributed by atoms with E-state index in [1.807, 2.05) is 0 Å². The highest BCUT2D eigenvalue weighted by atomic mass is 16.1. The molecule has 3 N–H and O–H groups in total. The van der Waals surface area contributed by atoms with Crippen molar-refractivity contribution in [1.29, 1.82) is 0 Å². The minimum Gasteiger partial charge on any atom is -0.370 e. The number of carbonyl (C=O) groups is 1. The molecule has 0 spiro atoms. The van der Waals surface area contributed by atoms with E-state index >= 15 is 0 Å². The van der Waals surface area contributed by atoms with Crippen LogP contribution in [-0.4, -0.2) is 18.5 Å². The molecule has 0 aliphatic carbocycles. The van der Waals surface area contributed by atoms with Crippen molar-refractivity contribution in [2.24, 2.45) is 5.73 Å². The summed E-state index contributed by atoms with van der Waals surface area (Å²) in [6, 6.07) is 0.549. The molecule has 1 atom stereocenters. The third kappa shape index (κ3) is 2.35. The van der Waals surface area contributed by atoms with Crippen LogP contribution in [0.4, 0.5) is 0 Å². The quantitative estimate of drug-likeness (QED) is 0.583. The van der Waals surface area contributed by atoms with E-state index in [2.05, 4.69) is 5.32 Å². The zero-order valence-corrected chi connectivity index (χ0v) is 6.10. The number of hydrogen-bond donors (Lipinski definition) is 2. The second kappa shape index (κ2) is 3.56. The highest BCUT2D eigenvalue weighted by molar-refractivity contribution is 5.73. The zero-order chi connectivity index (χ0) is 7.40. The number of rotatable bonds is 3. The van der Waals surface area contributed by atoms with Gasteiger partial charge in [-0.2, -0.15) is 0 Å². The van der Waals surface area contributed by atoms with Gasteiger partial charge in [-0.25, -0.2) is 0 Å². The van der Waals surface area contributed by atoms with Crippen molar-refractivity contribution >= 4 is 5.91 Å². The van der Waals surface area contributed by atoms with Crippen LogP contribution < -0.4 is 11.1 Å². The summed E-state index contributed by atoms with van der Waals surface area (Å²) in [5, 5.41) is 3.30. The van der Waals surface area contributed by atoms with Gasteiger partial charge in [0.1, 0.15) is 0 Å². The molecule has 1 saturated heterocycles. The lowest BCUT2D eigenvalue weighted by Gasteiger charge is -2.06. The summed E-state index contributed by atoms with van der Waals surface area (Å²) < 4.78 is 0. The topological polar surface area (TPSA) is 55.1 Å². The summed E-state index contributed by atoms with van der Waals surface area (Å²) in [4.78, 5) is 10.4. The van der Waals surface area contributed by atoms with E-state index < -0.39 is 0 Å². The highest BCUT2D eigenvalue weighted by Crippen LogP contribution is 2.09. The molecule has 3 nitrogen and oxygen atoms in total. The second-order valence-electron chi connectivity index (χ2n) is 2.80. The van der Waals surface area contributed by atoms with Crippen molar-refractivity contribution in [3.05, 3.63) is 0 Å². The molecule has 0 radical (unpaired) electrons. The third-order valence-electron chi connectivity index (χ3n) is 1.90. The maximum absolute atomic E-state index is 10.4. The molecule has 10 heavy (non-hydrogen) atoms. The van der Waals surface area contributed by atoms with Gasteiger partial charge in [0.25, 0.3) is 0 Å². The maximum Gasteiger partial charge on any atom is 0.217 e. The zero-order valence-electron chi connectivity index (χ0n) is 6.10. The Kier molecular flexibility index (Phi) is 2.68. The number of carbonyl (C=O) groups excluding carboxylic acids is 1. The predicted molar refractivity (Wildman–Crippen MR) is 39.5 cm³/mol. The first-order valence-electron chi connectivity index (χ1n) is 3.81. The van der Waals surface area contributed by atoms with Gasteiger partial charge in [-0.1, -0.05) is 0 Å². The van der Waals surface area contributed by atoms with Gasteiger partial charge >= 0.3 is 0 Å². The first-order valence-corrected chi connectivity index (χ1v) is 3.81. The second-order valence-corrected chi connectivity index (χ2v) is 2.80. The van der Waals surface area contributed by atoms with Gasteiger partial charge in [0.05, 0.1) is 0 Å². The third-order valence-corrected chi connectivity index (χ3v) is 1.90. The number of nitrogens with two attached hydrogens (primary N) is 1. The van der Waals surface area contributed by atoms with Crippen LogP contribution >= 0.6 is 0 Å². The van der Waals surface area contributed by atoms with Gasteiger partial charge < -0.3 is 11.1 Å². The van der Waals surface area contributed by atoms with Crippen molar-refractivity contribution in [3.63, 3.8) is 0 Å². The van der Waals surface area contributed by atoms with Crippen LogP contribution in [0, 0.1) is 0 Å². The van der Waals surface area contributed by atoms with E-state index in [1.54, 1.807) is 0 Å². The van der Waals surface area contributed by atoms with Gasteiger partial charge in [-0.3, -0.25) is 4.79 Å². The Labute approximate surface area is 61.0 Å². The van der Waals surface area contributed by atoms with Crippen LogP contribution in [0.15, 0.2) is 0 Å². The van der Waals surface area contributed by atoms with Crippen molar-refractivity contribution in [1.82, 2.24) is 5.32 Å². The van der Waals surface area contributed by atoms with E-state index in [9.17, 15) is 4.79 Å². The van der Waals surface area contributed by atoms with Crippen molar-refractivity contribution < 1.29 is 4.79 Å². The Morgan fingerprint density at radius 3 is 3.00 bits per heavy atom. The van der Waals surface area contributed by atoms with Gasteiger partial charge in [0, 0.05) is 12.5 Å². The summed E-state index contributed by atoms with van der Waals surface area (Å²) in [7, 11) is 0. The molecule has 0 aromatic heterocycles. The van der Waals surface area contributed by atoms with Crippen LogP contribution in [0.2, 0.25) is 0 Å². The number of hydrogen-bond acceptors (Lipinski definition) is 2. The fourth-order valence-corrected chi connectivity index (χ4v) is 1.32. The molecule has 0 bridgehead atoms. The molecule has 1 amide bonds. The molecule has 0 aromatic rings. The Morgan fingerprint density at radius 2 is 2.50 bits per heavy atom. The highest BCUT2D eigenvalue weighted by Gasteiger charge is 2.13. The maximum atomic E-state index is 10.4. The van der Waals surface area contributed by atoms with Crippen LogP contribution in [0.1, 0.15) is 25.7 Å². The van der Waals surface area contributed by atoms with Gasteiger partial charge in [-0.15, -0.1) is 0 Å². The summed E-state index contributed by atoms with van der Waals surface area (Å²) >= 11 is 0. The first kappa shape index (κ1) is 7.54. The fourth-order valence-electron chi connectivity index (χ4n) is 1.32. The molecule has 0 aromatic carbocycles. The van der Waals surface area contributed by atoms with E-state index in [1.165, 1.54) is 12.8 Å². The van der Waals surface area contributed by atoms with E-state index in [0.29, 0.717) is 12.5 Å². The summed E-state index contributed by atoms with van der Waals surface area (Å²) in [6.07, 6.45) is 3.88. The SMILES string of the molecule is NC(=O)CC[C@@H]1CCCN1. The first-order chi connectivity index (χ1) is 4.79. The standard InChI is InChI=1S/C7H14N2O/c8-7(10)4-3-6-2-1-5-9-6/h6,9H,1-5H2,(H2,8,10)/t6-/m0/s1. The van der Waals surface area contributed by atoms with E-state index in [0.717, 1.165) is 13.0 Å². The molecule has 0 unspecified atom stereocenters. The van der Waals surface area contributed by atoms with Crippen LogP contribution in [0.3, 0.4) is 0 Å². The molecule has 1 heterocycles. The van der Waals surface area contributed by atoms with Crippen molar-refractivity contribution in [2.75, 3.05) is 6.54 Å². The van der Waals surface area contributed by atoms with E-state index in [4.69, 9.17) is 5.73 Å². The summed E-state index contributed by atoms with van der Waals surface area (Å²) in [6.45, 7) is 1.10. The molecular formula is C7H14N2O. The molecule has 1 aliphatic heterocycles. The monoisotopic (exact) mass is 142 g/mol. The smallest absolute Gasteiger partial charge is 0.217 e. The minimum absolute atomic E-state index is 0.186. The predicted octanol–water partition coefficient (Wildman–Crippen LogP) is 0.00390. The molecule has 0 saturated carbocycles. The largest absolute Gasteiger partial charge is 0.370 e. The van der Waals surface area contributed by atoms with Crippen molar-refractivity contribution in [3.8, 4) is 0 Å². The lowest BCUT2D eigenvalue weighted by atomic mass is 10.1. The number of primary amides is 1. The number of amides is 1. The Hall–Kier alpha value is -0.570. The average Bonchev–Trinajstić information content (AvgIpc) is 2.34. The Bertz CT molecular complexity index is 119. The van der Waals surface area contributed by atoms with Crippen LogP contribution in [0.25, 0.3) is 0 Å². The number of nitrogens with one attached hydrogen (secondary N) is 1. The fraction of sp³-hybridized carbons (Fsp3) is 0.857. The van der Waals surface area contributed by atoms with E-state index in [-0.39, 0.29) is 5.91 Å². The molecule has 1 fully saturated rings. The Balaban J connectivity index is 2.07. The molecule has 3 heteroatoms. The lowest BCUT2D eigenvalue weighted by Crippen LogP contribution is -2.23. The molecule has 1 aliphatic rings. The van der Waals surface area contributed by atoms with Gasteiger partial charge in [0.2, 0.25) is 5.91 Å². The molecular weight excluding hydrogens is 128 g/mol. The molecule has 1 rings (SSSR count). The molecule has 58 valence electrons. The van der Waals surface area contributed by atoms with Gasteiger partial charge in [0.15, 0.2) is 0 Å². The lowest BCUT2D eigenvalue weighted by molar-refractivity contribution is -0.118. The summed E-state index contributed by atoms with van der Waals surface area (Å²) in [5.74, 6) is -0.186. The Morgan fingerprint density at radius 1 is 1.70 bits per heavy atom.